The Hall–Kier alpha value is -0.710. The maximum absolute atomic E-state index is 4.91. The molecule has 0 amide bonds. The Balaban J connectivity index is 1.72. The zero-order chi connectivity index (χ0) is 13.1. The van der Waals surface area contributed by atoms with Crippen LogP contribution in [0.2, 0.25) is 0 Å². The Bertz CT molecular complexity index is 512. The molecule has 1 fully saturated rings. The Labute approximate surface area is 122 Å². The molecule has 0 spiro atoms. The topological polar surface area (TPSA) is 24.9 Å². The minimum absolute atomic E-state index is 0.756. The third kappa shape index (κ3) is 3.44. The van der Waals surface area contributed by atoms with Gasteiger partial charge in [-0.05, 0) is 37.3 Å². The molecule has 0 unspecified atom stereocenters. The summed E-state index contributed by atoms with van der Waals surface area (Å²) < 4.78 is 0. The van der Waals surface area contributed by atoms with Crippen molar-refractivity contribution in [2.75, 3.05) is 6.54 Å². The van der Waals surface area contributed by atoms with Crippen molar-refractivity contribution in [1.82, 2.24) is 10.3 Å². The number of rotatable bonds is 7. The molecule has 0 aliphatic heterocycles. The van der Waals surface area contributed by atoms with Gasteiger partial charge in [-0.1, -0.05) is 13.0 Å². The molecule has 102 valence electrons. The van der Waals surface area contributed by atoms with Crippen molar-refractivity contribution in [3.8, 4) is 0 Å². The summed E-state index contributed by atoms with van der Waals surface area (Å²) in [6.45, 7) is 4.31. The number of thiophene rings is 1. The molecule has 2 aromatic rings. The highest BCUT2D eigenvalue weighted by Crippen LogP contribution is 2.43. The van der Waals surface area contributed by atoms with Crippen LogP contribution in [-0.4, -0.2) is 11.5 Å². The Morgan fingerprint density at radius 2 is 2.32 bits per heavy atom. The first-order valence-electron chi connectivity index (χ1n) is 7.08. The molecular formula is C15H20N2S2. The summed E-state index contributed by atoms with van der Waals surface area (Å²) in [5.74, 6) is 0.756. The van der Waals surface area contributed by atoms with Gasteiger partial charge in [-0.25, -0.2) is 4.98 Å². The van der Waals surface area contributed by atoms with E-state index in [-0.39, 0.29) is 0 Å². The van der Waals surface area contributed by atoms with Gasteiger partial charge in [0.25, 0.3) is 0 Å². The van der Waals surface area contributed by atoms with E-state index in [9.17, 15) is 0 Å². The highest BCUT2D eigenvalue weighted by Gasteiger charge is 2.29. The molecule has 2 aromatic heterocycles. The smallest absolute Gasteiger partial charge is 0.0983 e. The second-order valence-corrected chi connectivity index (χ2v) is 7.32. The third-order valence-corrected chi connectivity index (χ3v) is 5.30. The van der Waals surface area contributed by atoms with E-state index in [1.54, 1.807) is 0 Å². The van der Waals surface area contributed by atoms with E-state index in [4.69, 9.17) is 4.98 Å². The standard InChI is InChI=1S/C15H20N2S2/c1-2-7-16-10-13-15(11-5-6-11)17-14(19-13)9-12-4-3-8-18-12/h3-4,8,11,16H,2,5-7,9-10H2,1H3. The monoisotopic (exact) mass is 292 g/mol. The summed E-state index contributed by atoms with van der Waals surface area (Å²) in [6.07, 6.45) is 4.88. The van der Waals surface area contributed by atoms with Crippen LogP contribution in [0.5, 0.6) is 0 Å². The van der Waals surface area contributed by atoms with Crippen LogP contribution in [0.4, 0.5) is 0 Å². The summed E-state index contributed by atoms with van der Waals surface area (Å²) in [5.41, 5.74) is 1.39. The number of nitrogens with one attached hydrogen (secondary N) is 1. The van der Waals surface area contributed by atoms with E-state index in [1.165, 1.54) is 39.7 Å². The lowest BCUT2D eigenvalue weighted by Crippen LogP contribution is -2.13. The van der Waals surface area contributed by atoms with E-state index in [1.807, 2.05) is 22.7 Å². The van der Waals surface area contributed by atoms with E-state index in [0.717, 1.165) is 25.4 Å². The number of hydrogen-bond donors (Lipinski definition) is 1. The first-order valence-corrected chi connectivity index (χ1v) is 8.78. The lowest BCUT2D eigenvalue weighted by Gasteiger charge is -2.01. The van der Waals surface area contributed by atoms with Gasteiger partial charge in [0, 0.05) is 28.6 Å². The predicted octanol–water partition coefficient (Wildman–Crippen LogP) is 4.17. The minimum Gasteiger partial charge on any atom is -0.312 e. The molecule has 0 bridgehead atoms. The van der Waals surface area contributed by atoms with Crippen LogP contribution in [0.25, 0.3) is 0 Å². The average Bonchev–Trinajstić information content (AvgIpc) is 2.98. The molecule has 2 nitrogen and oxygen atoms in total. The van der Waals surface area contributed by atoms with Gasteiger partial charge in [-0.2, -0.15) is 0 Å². The fourth-order valence-electron chi connectivity index (χ4n) is 2.23. The maximum Gasteiger partial charge on any atom is 0.0983 e. The van der Waals surface area contributed by atoms with Gasteiger partial charge in [-0.15, -0.1) is 22.7 Å². The Morgan fingerprint density at radius 1 is 1.42 bits per heavy atom. The molecule has 19 heavy (non-hydrogen) atoms. The quantitative estimate of drug-likeness (QED) is 0.775. The van der Waals surface area contributed by atoms with Gasteiger partial charge < -0.3 is 5.32 Å². The van der Waals surface area contributed by atoms with Gasteiger partial charge >= 0.3 is 0 Å². The molecule has 0 aromatic carbocycles. The summed E-state index contributed by atoms with van der Waals surface area (Å²) in [5, 5.41) is 6.96. The van der Waals surface area contributed by atoms with E-state index in [2.05, 4.69) is 29.8 Å². The van der Waals surface area contributed by atoms with Crippen LogP contribution in [-0.2, 0) is 13.0 Å². The van der Waals surface area contributed by atoms with Crippen LogP contribution in [0, 0.1) is 0 Å². The van der Waals surface area contributed by atoms with E-state index >= 15 is 0 Å². The fourth-order valence-corrected chi connectivity index (χ4v) is 4.18. The molecule has 0 saturated heterocycles. The van der Waals surface area contributed by atoms with Crippen molar-refractivity contribution in [3.05, 3.63) is 38.0 Å². The van der Waals surface area contributed by atoms with Crippen LogP contribution in [0.1, 0.15) is 52.6 Å². The summed E-state index contributed by atoms with van der Waals surface area (Å²) in [4.78, 5) is 7.81. The lowest BCUT2D eigenvalue weighted by atomic mass is 10.2. The molecule has 3 rings (SSSR count). The number of aromatic nitrogens is 1. The van der Waals surface area contributed by atoms with E-state index < -0.39 is 0 Å². The van der Waals surface area contributed by atoms with Crippen LogP contribution >= 0.6 is 22.7 Å². The predicted molar refractivity (Wildman–Crippen MR) is 83.2 cm³/mol. The van der Waals surface area contributed by atoms with Crippen LogP contribution in [0.3, 0.4) is 0 Å². The molecular weight excluding hydrogens is 272 g/mol. The molecule has 2 heterocycles. The van der Waals surface area contributed by atoms with Gasteiger partial charge in [0.2, 0.25) is 0 Å². The van der Waals surface area contributed by atoms with Crippen LogP contribution < -0.4 is 5.32 Å². The number of thiazole rings is 1. The van der Waals surface area contributed by atoms with Gasteiger partial charge in [0.05, 0.1) is 10.7 Å². The first kappa shape index (κ1) is 13.3. The molecule has 0 atom stereocenters. The number of hydrogen-bond acceptors (Lipinski definition) is 4. The second kappa shape index (κ2) is 6.16. The highest BCUT2D eigenvalue weighted by atomic mass is 32.1. The van der Waals surface area contributed by atoms with E-state index in [0.29, 0.717) is 0 Å². The first-order chi connectivity index (χ1) is 9.36. The average molecular weight is 292 g/mol. The maximum atomic E-state index is 4.91. The minimum atomic E-state index is 0.756. The van der Waals surface area contributed by atoms with Gasteiger partial charge in [0.15, 0.2) is 0 Å². The highest BCUT2D eigenvalue weighted by molar-refractivity contribution is 7.12. The Kier molecular flexibility index (Phi) is 4.31. The fraction of sp³-hybridized carbons (Fsp3) is 0.533. The summed E-state index contributed by atoms with van der Waals surface area (Å²) in [7, 11) is 0. The van der Waals surface area contributed by atoms with Crippen LogP contribution in [0.15, 0.2) is 17.5 Å². The van der Waals surface area contributed by atoms with Crippen molar-refractivity contribution in [2.45, 2.75) is 45.1 Å². The van der Waals surface area contributed by atoms with Crippen molar-refractivity contribution < 1.29 is 0 Å². The lowest BCUT2D eigenvalue weighted by molar-refractivity contribution is 0.676. The second-order valence-electron chi connectivity index (χ2n) is 5.12. The largest absolute Gasteiger partial charge is 0.312 e. The molecule has 1 aliphatic carbocycles. The SMILES string of the molecule is CCCNCc1sc(Cc2cccs2)nc1C1CC1. The van der Waals surface area contributed by atoms with Gasteiger partial charge in [-0.3, -0.25) is 0 Å². The molecule has 1 saturated carbocycles. The number of nitrogens with zero attached hydrogens (tertiary/aromatic N) is 1. The van der Waals surface area contributed by atoms with Crippen molar-refractivity contribution in [3.63, 3.8) is 0 Å². The molecule has 1 aliphatic rings. The normalized spacial score (nSPS) is 15.0. The molecule has 0 radical (unpaired) electrons. The third-order valence-electron chi connectivity index (χ3n) is 3.35. The molecule has 1 N–H and O–H groups in total. The summed E-state index contributed by atoms with van der Waals surface area (Å²) in [6, 6.07) is 4.33. The zero-order valence-electron chi connectivity index (χ0n) is 11.3. The van der Waals surface area contributed by atoms with Gasteiger partial charge in [0.1, 0.15) is 0 Å². The van der Waals surface area contributed by atoms with Crippen molar-refractivity contribution >= 4 is 22.7 Å². The molecule has 4 heteroatoms. The van der Waals surface area contributed by atoms with Crippen molar-refractivity contribution in [2.24, 2.45) is 0 Å². The zero-order valence-corrected chi connectivity index (χ0v) is 12.9. The van der Waals surface area contributed by atoms with Crippen molar-refractivity contribution in [1.29, 1.82) is 0 Å². The Morgan fingerprint density at radius 3 is 3.00 bits per heavy atom. The summed E-state index contributed by atoms with van der Waals surface area (Å²) >= 11 is 3.74.